The van der Waals surface area contributed by atoms with Gasteiger partial charge < -0.3 is 14.5 Å². The fraction of sp³-hybridized carbons (Fsp3) is 0.442. The van der Waals surface area contributed by atoms with Crippen molar-refractivity contribution in [2.24, 2.45) is 5.41 Å². The number of carbonyl (C=O) groups is 1. The number of likely N-dealkylation sites (N-methyl/N-ethyl adjacent to an activating group) is 1. The average Bonchev–Trinajstić information content (AvgIpc) is 3.73. The number of aromatic nitrogens is 3. The van der Waals surface area contributed by atoms with Crippen molar-refractivity contribution in [3.63, 3.8) is 0 Å². The number of fused-ring (bicyclic) bond motifs is 3. The summed E-state index contributed by atoms with van der Waals surface area (Å²) in [7, 11) is 1.65. The van der Waals surface area contributed by atoms with Gasteiger partial charge in [-0.15, -0.1) is 6.42 Å². The lowest BCUT2D eigenvalue weighted by atomic mass is 9.79. The van der Waals surface area contributed by atoms with Crippen LogP contribution in [-0.4, -0.2) is 82.1 Å². The maximum Gasteiger partial charge on any atom is 0.319 e. The largest absolute Gasteiger partial charge is 0.461 e. The lowest BCUT2D eigenvalue weighted by Gasteiger charge is -2.38. The van der Waals surface area contributed by atoms with E-state index in [-0.39, 0.29) is 46.3 Å². The highest BCUT2D eigenvalue weighted by atomic mass is 19.1. The van der Waals surface area contributed by atoms with Gasteiger partial charge in [-0.05, 0) is 108 Å². The van der Waals surface area contributed by atoms with Crippen LogP contribution in [0, 0.1) is 52.1 Å². The number of anilines is 1. The molecule has 0 saturated carbocycles. The molecule has 2 unspecified atom stereocenters. The van der Waals surface area contributed by atoms with Gasteiger partial charge in [-0.2, -0.15) is 20.5 Å². The van der Waals surface area contributed by atoms with Crippen molar-refractivity contribution in [3.05, 3.63) is 65.9 Å². The van der Waals surface area contributed by atoms with E-state index >= 15 is 8.78 Å². The summed E-state index contributed by atoms with van der Waals surface area (Å²) in [5, 5.41) is 21.5. The maximum atomic E-state index is 17.5. The zero-order chi connectivity index (χ0) is 39.3. The number of nitrogens with zero attached hydrogens (tertiary/aromatic N) is 8. The van der Waals surface area contributed by atoms with Gasteiger partial charge in [0, 0.05) is 37.3 Å². The molecule has 3 fully saturated rings. The minimum atomic E-state index is -0.980. The summed E-state index contributed by atoms with van der Waals surface area (Å²) in [6.45, 7) is 12.0. The molecular formula is C43H44F2N8O2. The number of carbonyl (C=O) groups excluding carboxylic acids is 1. The lowest BCUT2D eigenvalue weighted by Crippen LogP contribution is -2.51. The predicted molar refractivity (Wildman–Crippen MR) is 207 cm³/mol. The molecule has 3 aliphatic rings. The van der Waals surface area contributed by atoms with Crippen LogP contribution in [0.2, 0.25) is 0 Å². The summed E-state index contributed by atoms with van der Waals surface area (Å²) in [6.07, 6.45) is 13.8. The number of hydrogen-bond acceptors (Lipinski definition) is 9. The maximum absolute atomic E-state index is 17.5. The lowest BCUT2D eigenvalue weighted by molar-refractivity contribution is -0.128. The van der Waals surface area contributed by atoms with E-state index in [1.807, 2.05) is 11.8 Å². The van der Waals surface area contributed by atoms with E-state index in [9.17, 15) is 15.3 Å². The second-order valence-electron chi connectivity index (χ2n) is 15.9. The molecule has 0 N–H and O–H groups in total. The van der Waals surface area contributed by atoms with Crippen molar-refractivity contribution < 1.29 is 18.3 Å². The molecule has 282 valence electrons. The van der Waals surface area contributed by atoms with Crippen molar-refractivity contribution in [2.45, 2.75) is 76.3 Å². The van der Waals surface area contributed by atoms with E-state index in [4.69, 9.17) is 16.1 Å². The number of nitriles is 2. The number of ether oxygens (including phenoxy) is 1. The van der Waals surface area contributed by atoms with Gasteiger partial charge in [0.1, 0.15) is 29.5 Å². The van der Waals surface area contributed by atoms with E-state index in [1.54, 1.807) is 39.1 Å². The van der Waals surface area contributed by atoms with Gasteiger partial charge in [-0.25, -0.2) is 8.78 Å². The van der Waals surface area contributed by atoms with Crippen LogP contribution in [0.4, 0.5) is 14.6 Å². The van der Waals surface area contributed by atoms with Gasteiger partial charge in [0.2, 0.25) is 5.91 Å². The highest BCUT2D eigenvalue weighted by Crippen LogP contribution is 2.42. The van der Waals surface area contributed by atoms with E-state index in [2.05, 4.69) is 39.5 Å². The molecule has 4 aromatic rings. The van der Waals surface area contributed by atoms with E-state index in [0.29, 0.717) is 53.5 Å². The van der Waals surface area contributed by atoms with Crippen LogP contribution in [0.1, 0.15) is 70.4 Å². The second kappa shape index (κ2) is 14.2. The summed E-state index contributed by atoms with van der Waals surface area (Å²) in [5.74, 6) is 1.04. The molecule has 0 aliphatic carbocycles. The van der Waals surface area contributed by atoms with Gasteiger partial charge in [0.05, 0.1) is 45.5 Å². The standard InChI is InChI=1S/C43H44F2N8O2/c1-7-29-32(44)13-12-27-20-28(41(3,4)24-46)21-30(35(27)29)37-36(45)38-31(22-48-37)39(50-40(49-38)55-26-43-15-10-18-53(43)19-11-16-43)52-17-9-14-42(5,25-47)33(23-52)51(6)34(54)8-2/h1,8,12-13,20-22,33H,2,9-11,14-19,23,26H2,3-6H3. The molecule has 10 nitrogen and oxygen atoms in total. The van der Waals surface area contributed by atoms with Gasteiger partial charge in [0.15, 0.2) is 5.82 Å². The molecule has 0 radical (unpaired) electrons. The number of pyridine rings is 1. The second-order valence-corrected chi connectivity index (χ2v) is 15.9. The Hall–Kier alpha value is -5.64. The normalized spacial score (nSPS) is 21.0. The predicted octanol–water partition coefficient (Wildman–Crippen LogP) is 7.06. The van der Waals surface area contributed by atoms with Crippen LogP contribution < -0.4 is 9.64 Å². The number of benzene rings is 2. The topological polar surface area (TPSA) is 122 Å². The molecule has 3 saturated heterocycles. The fourth-order valence-electron chi connectivity index (χ4n) is 8.84. The van der Waals surface area contributed by atoms with Gasteiger partial charge in [0.25, 0.3) is 0 Å². The van der Waals surface area contributed by atoms with Crippen molar-refractivity contribution in [3.8, 4) is 41.8 Å². The Labute approximate surface area is 320 Å². The minimum absolute atomic E-state index is 0.00868. The molecule has 0 spiro atoms. The Balaban J connectivity index is 1.44. The van der Waals surface area contributed by atoms with Crippen LogP contribution in [-0.2, 0) is 10.2 Å². The molecule has 2 aromatic carbocycles. The minimum Gasteiger partial charge on any atom is -0.461 e. The molecule has 7 rings (SSSR count). The third-order valence-electron chi connectivity index (χ3n) is 12.2. The molecule has 55 heavy (non-hydrogen) atoms. The number of amides is 1. The van der Waals surface area contributed by atoms with E-state index in [1.165, 1.54) is 23.2 Å². The van der Waals surface area contributed by atoms with Crippen LogP contribution in [0.15, 0.2) is 43.1 Å². The third-order valence-corrected chi connectivity index (χ3v) is 12.2. The molecule has 3 aliphatic heterocycles. The number of halogens is 2. The van der Waals surface area contributed by atoms with Crippen molar-refractivity contribution >= 4 is 33.4 Å². The smallest absolute Gasteiger partial charge is 0.319 e. The fourth-order valence-corrected chi connectivity index (χ4v) is 8.84. The van der Waals surface area contributed by atoms with Crippen molar-refractivity contribution in [1.29, 1.82) is 10.5 Å². The van der Waals surface area contributed by atoms with Crippen molar-refractivity contribution in [1.82, 2.24) is 24.8 Å². The Morgan fingerprint density at radius 2 is 1.87 bits per heavy atom. The van der Waals surface area contributed by atoms with Gasteiger partial charge >= 0.3 is 6.01 Å². The Kier molecular flexibility index (Phi) is 9.73. The summed E-state index contributed by atoms with van der Waals surface area (Å²) in [4.78, 5) is 33.1. The Morgan fingerprint density at radius 1 is 1.15 bits per heavy atom. The Morgan fingerprint density at radius 3 is 2.55 bits per heavy atom. The molecule has 12 heteroatoms. The molecule has 2 atom stereocenters. The first-order valence-electron chi connectivity index (χ1n) is 18.7. The third kappa shape index (κ3) is 6.41. The first-order chi connectivity index (χ1) is 26.3. The highest BCUT2D eigenvalue weighted by molar-refractivity contribution is 6.02. The van der Waals surface area contributed by atoms with E-state index in [0.717, 1.165) is 38.8 Å². The van der Waals surface area contributed by atoms with Gasteiger partial charge in [-0.1, -0.05) is 18.6 Å². The summed E-state index contributed by atoms with van der Waals surface area (Å²) in [6, 6.07) is 10.4. The zero-order valence-electron chi connectivity index (χ0n) is 31.8. The van der Waals surface area contributed by atoms with Gasteiger partial charge in [-0.3, -0.25) is 14.7 Å². The molecule has 0 bridgehead atoms. The summed E-state index contributed by atoms with van der Waals surface area (Å²) in [5.41, 5.74) is -1.44. The van der Waals surface area contributed by atoms with Crippen LogP contribution in [0.25, 0.3) is 32.9 Å². The SMILES string of the molecule is C#Cc1c(F)ccc2cc(C(C)(C)C#N)cc(-c3ncc4c(N5CCCC(C)(C#N)C(N(C)C(=O)C=C)C5)nc(OCC56CCCN5CCC6)nc4c3F)c12. The van der Waals surface area contributed by atoms with E-state index < -0.39 is 28.5 Å². The highest BCUT2D eigenvalue weighted by Gasteiger charge is 2.45. The molecule has 2 aromatic heterocycles. The first kappa shape index (κ1) is 37.7. The number of rotatable bonds is 8. The molecule has 1 amide bonds. The van der Waals surface area contributed by atoms with Crippen molar-refractivity contribution in [2.75, 3.05) is 44.7 Å². The number of hydrogen-bond donors (Lipinski definition) is 0. The van der Waals surface area contributed by atoms with Crippen LogP contribution in [0.5, 0.6) is 6.01 Å². The summed E-state index contributed by atoms with van der Waals surface area (Å²) >= 11 is 0. The first-order valence-corrected chi connectivity index (χ1v) is 18.7. The Bertz CT molecular complexity index is 2350. The number of terminal acetylenes is 1. The molecular weight excluding hydrogens is 699 g/mol. The summed E-state index contributed by atoms with van der Waals surface area (Å²) < 4.78 is 39.2. The quantitative estimate of drug-likeness (QED) is 0.138. The zero-order valence-corrected chi connectivity index (χ0v) is 31.8. The van der Waals surface area contributed by atoms with Crippen LogP contribution >= 0.6 is 0 Å². The average molecular weight is 743 g/mol. The van der Waals surface area contributed by atoms with Crippen LogP contribution in [0.3, 0.4) is 0 Å². The monoisotopic (exact) mass is 742 g/mol. The molecule has 5 heterocycles.